The molecule has 0 saturated carbocycles. The van der Waals surface area contributed by atoms with E-state index in [2.05, 4.69) is 25.6 Å². The van der Waals surface area contributed by atoms with E-state index in [1.807, 2.05) is 13.8 Å². The number of aromatic nitrogens is 5. The monoisotopic (exact) mass is 220 g/mol. The van der Waals surface area contributed by atoms with Gasteiger partial charge in [0.15, 0.2) is 0 Å². The van der Waals surface area contributed by atoms with Crippen molar-refractivity contribution in [1.29, 1.82) is 0 Å². The first-order chi connectivity index (χ1) is 7.68. The number of carbonyl (C=O) groups excluding carboxylic acids is 1. The number of aromatic amines is 1. The number of carbonyl (C=O) groups is 1. The van der Waals surface area contributed by atoms with Gasteiger partial charge < -0.3 is 5.32 Å². The Hall–Kier alpha value is -2.18. The van der Waals surface area contributed by atoms with Crippen LogP contribution in [0.25, 0.3) is 0 Å². The summed E-state index contributed by atoms with van der Waals surface area (Å²) in [5.41, 5.74) is 0. The molecule has 0 unspecified atom stereocenters. The molecular formula is C9H12N6O. The second-order valence-electron chi connectivity index (χ2n) is 3.54. The summed E-state index contributed by atoms with van der Waals surface area (Å²) in [5.74, 6) is 0.479. The first-order valence-corrected chi connectivity index (χ1v) is 4.88. The fraction of sp³-hybridized carbons (Fsp3) is 0.333. The lowest BCUT2D eigenvalue weighted by molar-refractivity contribution is 0.101. The van der Waals surface area contributed by atoms with Crippen LogP contribution in [-0.2, 0) is 0 Å². The Balaban J connectivity index is 2.15. The van der Waals surface area contributed by atoms with Gasteiger partial charge in [0.25, 0.3) is 5.91 Å². The van der Waals surface area contributed by atoms with Gasteiger partial charge in [0.1, 0.15) is 12.1 Å². The Morgan fingerprint density at radius 2 is 2.38 bits per heavy atom. The van der Waals surface area contributed by atoms with Gasteiger partial charge in [-0.05, 0) is 13.8 Å². The van der Waals surface area contributed by atoms with E-state index in [-0.39, 0.29) is 17.8 Å². The van der Waals surface area contributed by atoms with Crippen molar-refractivity contribution >= 4 is 11.7 Å². The van der Waals surface area contributed by atoms with Gasteiger partial charge >= 0.3 is 0 Å². The summed E-state index contributed by atoms with van der Waals surface area (Å²) in [6, 6.07) is 1.91. The zero-order valence-electron chi connectivity index (χ0n) is 9.01. The maximum Gasteiger partial charge on any atom is 0.294 e. The summed E-state index contributed by atoms with van der Waals surface area (Å²) in [6.45, 7) is 3.97. The van der Waals surface area contributed by atoms with Gasteiger partial charge in [0.05, 0.1) is 6.20 Å². The molecule has 2 aromatic heterocycles. The third kappa shape index (κ3) is 1.92. The molecule has 2 heterocycles. The molecule has 0 aliphatic rings. The van der Waals surface area contributed by atoms with Crippen LogP contribution < -0.4 is 5.32 Å². The summed E-state index contributed by atoms with van der Waals surface area (Å²) < 4.78 is 1.72. The van der Waals surface area contributed by atoms with Gasteiger partial charge in [-0.3, -0.25) is 9.89 Å². The van der Waals surface area contributed by atoms with E-state index in [4.69, 9.17) is 0 Å². The molecule has 0 radical (unpaired) electrons. The van der Waals surface area contributed by atoms with E-state index in [9.17, 15) is 4.79 Å². The number of amides is 1. The molecule has 0 aromatic carbocycles. The van der Waals surface area contributed by atoms with Gasteiger partial charge in [0.2, 0.25) is 5.82 Å². The second kappa shape index (κ2) is 4.13. The van der Waals surface area contributed by atoms with Crippen LogP contribution in [-0.4, -0.2) is 30.9 Å². The van der Waals surface area contributed by atoms with Crippen molar-refractivity contribution in [1.82, 2.24) is 25.0 Å². The summed E-state index contributed by atoms with van der Waals surface area (Å²) in [6.07, 6.45) is 2.92. The lowest BCUT2D eigenvalue weighted by Gasteiger charge is -2.10. The van der Waals surface area contributed by atoms with Crippen LogP contribution in [0, 0.1) is 0 Å². The minimum atomic E-state index is -0.333. The third-order valence-electron chi connectivity index (χ3n) is 2.03. The molecule has 84 valence electrons. The number of nitrogens with zero attached hydrogens (tertiary/aromatic N) is 4. The predicted octanol–water partition coefficient (Wildman–Crippen LogP) is 0.834. The van der Waals surface area contributed by atoms with Crippen LogP contribution in [0.2, 0.25) is 0 Å². The molecule has 2 aromatic rings. The van der Waals surface area contributed by atoms with Crippen molar-refractivity contribution in [2.24, 2.45) is 0 Å². The molecule has 2 rings (SSSR count). The largest absolute Gasteiger partial charge is 0.304 e. The van der Waals surface area contributed by atoms with E-state index in [1.54, 1.807) is 16.9 Å². The highest BCUT2D eigenvalue weighted by atomic mass is 16.2. The van der Waals surface area contributed by atoms with Crippen LogP contribution in [0.5, 0.6) is 0 Å². The molecule has 0 atom stereocenters. The smallest absolute Gasteiger partial charge is 0.294 e. The van der Waals surface area contributed by atoms with Crippen LogP contribution in [0.15, 0.2) is 18.6 Å². The fourth-order valence-electron chi connectivity index (χ4n) is 1.32. The molecule has 1 amide bonds. The molecule has 2 N–H and O–H groups in total. The zero-order valence-corrected chi connectivity index (χ0v) is 9.01. The highest BCUT2D eigenvalue weighted by Crippen LogP contribution is 2.13. The first kappa shape index (κ1) is 10.3. The Morgan fingerprint density at radius 3 is 3.00 bits per heavy atom. The van der Waals surface area contributed by atoms with Crippen LogP contribution in [0.4, 0.5) is 5.82 Å². The van der Waals surface area contributed by atoms with Gasteiger partial charge in [-0.15, -0.1) is 0 Å². The number of H-pyrrole nitrogens is 1. The van der Waals surface area contributed by atoms with Gasteiger partial charge in [0, 0.05) is 12.1 Å². The lowest BCUT2D eigenvalue weighted by Crippen LogP contribution is -2.17. The Kier molecular flexibility index (Phi) is 2.67. The highest BCUT2D eigenvalue weighted by Gasteiger charge is 2.12. The van der Waals surface area contributed by atoms with Crippen LogP contribution in [0.3, 0.4) is 0 Å². The van der Waals surface area contributed by atoms with Gasteiger partial charge in [-0.2, -0.15) is 10.2 Å². The number of rotatable bonds is 3. The van der Waals surface area contributed by atoms with Crippen molar-refractivity contribution < 1.29 is 4.79 Å². The molecule has 0 aliphatic carbocycles. The number of hydrogen-bond acceptors (Lipinski definition) is 4. The van der Waals surface area contributed by atoms with Crippen molar-refractivity contribution in [2.45, 2.75) is 19.9 Å². The Bertz CT molecular complexity index is 472. The minimum absolute atomic E-state index is 0.177. The molecule has 0 aliphatic heterocycles. The second-order valence-corrected chi connectivity index (χ2v) is 3.54. The standard InChI is InChI=1S/C9H12N6O/c1-6(2)15-7(3-4-12-15)13-9(16)8-10-5-11-14-8/h3-6H,1-2H3,(H,13,16)(H,10,11,14). The Morgan fingerprint density at radius 1 is 1.56 bits per heavy atom. The molecule has 7 heteroatoms. The van der Waals surface area contributed by atoms with Crippen LogP contribution >= 0.6 is 0 Å². The third-order valence-corrected chi connectivity index (χ3v) is 2.03. The number of nitrogens with one attached hydrogen (secondary N) is 2. The van der Waals surface area contributed by atoms with E-state index in [0.717, 1.165) is 0 Å². The fourth-order valence-corrected chi connectivity index (χ4v) is 1.32. The Labute approximate surface area is 91.9 Å². The molecule has 0 saturated heterocycles. The quantitative estimate of drug-likeness (QED) is 0.802. The maximum atomic E-state index is 11.7. The van der Waals surface area contributed by atoms with E-state index >= 15 is 0 Å². The van der Waals surface area contributed by atoms with Gasteiger partial charge in [-0.25, -0.2) is 9.67 Å². The zero-order chi connectivity index (χ0) is 11.5. The molecule has 7 nitrogen and oxygen atoms in total. The van der Waals surface area contributed by atoms with Crippen molar-refractivity contribution in [3.63, 3.8) is 0 Å². The van der Waals surface area contributed by atoms with E-state index in [1.165, 1.54) is 6.33 Å². The molecule has 0 bridgehead atoms. The van der Waals surface area contributed by atoms with Crippen molar-refractivity contribution in [3.8, 4) is 0 Å². The first-order valence-electron chi connectivity index (χ1n) is 4.88. The lowest BCUT2D eigenvalue weighted by atomic mass is 10.4. The maximum absolute atomic E-state index is 11.7. The summed E-state index contributed by atoms with van der Waals surface area (Å²) in [5, 5.41) is 12.9. The minimum Gasteiger partial charge on any atom is -0.304 e. The normalized spacial score (nSPS) is 10.7. The number of hydrogen-bond donors (Lipinski definition) is 2. The average Bonchev–Trinajstić information content (AvgIpc) is 2.86. The van der Waals surface area contributed by atoms with Crippen LogP contribution in [0.1, 0.15) is 30.5 Å². The van der Waals surface area contributed by atoms with Crippen molar-refractivity contribution in [2.75, 3.05) is 5.32 Å². The number of anilines is 1. The average molecular weight is 220 g/mol. The highest BCUT2D eigenvalue weighted by molar-refractivity contribution is 6.00. The SMILES string of the molecule is CC(C)n1nccc1NC(=O)c1ncn[nH]1. The summed E-state index contributed by atoms with van der Waals surface area (Å²) in [7, 11) is 0. The predicted molar refractivity (Wildman–Crippen MR) is 56.9 cm³/mol. The summed E-state index contributed by atoms with van der Waals surface area (Å²) >= 11 is 0. The van der Waals surface area contributed by atoms with E-state index < -0.39 is 0 Å². The summed E-state index contributed by atoms with van der Waals surface area (Å²) in [4.78, 5) is 15.4. The topological polar surface area (TPSA) is 88.5 Å². The molecule has 16 heavy (non-hydrogen) atoms. The molecule has 0 spiro atoms. The molecular weight excluding hydrogens is 208 g/mol. The van der Waals surface area contributed by atoms with Crippen molar-refractivity contribution in [3.05, 3.63) is 24.4 Å². The van der Waals surface area contributed by atoms with Gasteiger partial charge in [-0.1, -0.05) is 0 Å². The molecule has 0 fully saturated rings. The van der Waals surface area contributed by atoms with E-state index in [0.29, 0.717) is 5.82 Å².